The van der Waals surface area contributed by atoms with Gasteiger partial charge in [-0.05, 0) is 43.0 Å². The van der Waals surface area contributed by atoms with Crippen molar-refractivity contribution in [3.63, 3.8) is 0 Å². The molecule has 1 aromatic carbocycles. The molecule has 0 radical (unpaired) electrons. The Morgan fingerprint density at radius 2 is 2.11 bits per heavy atom. The number of benzene rings is 1. The molecule has 3 heteroatoms. The van der Waals surface area contributed by atoms with Crippen molar-refractivity contribution in [2.75, 3.05) is 24.5 Å². The van der Waals surface area contributed by atoms with E-state index in [2.05, 4.69) is 72.0 Å². The number of hydrogen-bond acceptors (Lipinski definition) is 2. The van der Waals surface area contributed by atoms with Gasteiger partial charge in [0.1, 0.15) is 0 Å². The second-order valence-electron chi connectivity index (χ2n) is 6.21. The van der Waals surface area contributed by atoms with E-state index in [0.717, 1.165) is 19.6 Å². The number of nitrogens with one attached hydrogen (secondary N) is 1. The van der Waals surface area contributed by atoms with E-state index in [1.165, 1.54) is 15.7 Å². The molecule has 2 rings (SSSR count). The van der Waals surface area contributed by atoms with Crippen LogP contribution in [0.2, 0.25) is 0 Å². The quantitative estimate of drug-likeness (QED) is 0.853. The van der Waals surface area contributed by atoms with Crippen LogP contribution in [-0.2, 0) is 0 Å². The molecule has 0 aliphatic carbocycles. The van der Waals surface area contributed by atoms with E-state index < -0.39 is 0 Å². The summed E-state index contributed by atoms with van der Waals surface area (Å²) in [5, 5.41) is 3.56. The Morgan fingerprint density at radius 1 is 1.39 bits per heavy atom. The van der Waals surface area contributed by atoms with Gasteiger partial charge >= 0.3 is 0 Å². The van der Waals surface area contributed by atoms with Crippen LogP contribution in [0.15, 0.2) is 22.7 Å². The lowest BCUT2D eigenvalue weighted by Gasteiger charge is -2.34. The highest BCUT2D eigenvalue weighted by Crippen LogP contribution is 2.28. The number of anilines is 1. The molecule has 1 atom stereocenters. The van der Waals surface area contributed by atoms with Gasteiger partial charge in [0.05, 0.1) is 0 Å². The van der Waals surface area contributed by atoms with Gasteiger partial charge < -0.3 is 10.2 Å². The third-order valence-corrected chi connectivity index (χ3v) is 4.54. The van der Waals surface area contributed by atoms with Crippen molar-refractivity contribution < 1.29 is 0 Å². The Balaban J connectivity index is 2.30. The van der Waals surface area contributed by atoms with Gasteiger partial charge in [-0.3, -0.25) is 0 Å². The molecule has 1 heterocycles. The first-order valence-electron chi connectivity index (χ1n) is 6.62. The molecule has 1 N–H and O–H groups in total. The Morgan fingerprint density at radius 3 is 2.78 bits per heavy atom. The molecule has 0 saturated carbocycles. The molecule has 18 heavy (non-hydrogen) atoms. The predicted octanol–water partition coefficient (Wildman–Crippen LogP) is 3.58. The number of aryl methyl sites for hydroxylation is 1. The standard InChI is InChI=1S/C15H23BrN2/c1-11-7-13(5-6-14(11)16)18-10-15(3,4)9-17-8-12(18)2/h5-7,12,17H,8-10H2,1-4H3. The summed E-state index contributed by atoms with van der Waals surface area (Å²) in [6, 6.07) is 7.19. The van der Waals surface area contributed by atoms with Gasteiger partial charge in [0.25, 0.3) is 0 Å². The first-order valence-corrected chi connectivity index (χ1v) is 7.42. The SMILES string of the molecule is Cc1cc(N2CC(C)(C)CNCC2C)ccc1Br. The second kappa shape index (κ2) is 5.22. The molecular weight excluding hydrogens is 288 g/mol. The fraction of sp³-hybridized carbons (Fsp3) is 0.600. The van der Waals surface area contributed by atoms with Crippen molar-refractivity contribution in [3.8, 4) is 0 Å². The van der Waals surface area contributed by atoms with Crippen LogP contribution in [0.5, 0.6) is 0 Å². The molecule has 1 unspecified atom stereocenters. The fourth-order valence-corrected chi connectivity index (χ4v) is 2.80. The minimum atomic E-state index is 0.311. The topological polar surface area (TPSA) is 15.3 Å². The first kappa shape index (κ1) is 13.9. The molecule has 0 spiro atoms. The van der Waals surface area contributed by atoms with Gasteiger partial charge in [0.15, 0.2) is 0 Å². The van der Waals surface area contributed by atoms with Gasteiger partial charge in [-0.25, -0.2) is 0 Å². The van der Waals surface area contributed by atoms with Crippen LogP contribution in [0.4, 0.5) is 5.69 Å². The zero-order valence-electron chi connectivity index (χ0n) is 11.8. The van der Waals surface area contributed by atoms with Crippen LogP contribution in [-0.4, -0.2) is 25.7 Å². The number of nitrogens with zero attached hydrogens (tertiary/aromatic N) is 1. The van der Waals surface area contributed by atoms with E-state index in [9.17, 15) is 0 Å². The molecule has 1 aliphatic heterocycles. The zero-order chi connectivity index (χ0) is 13.3. The fourth-order valence-electron chi connectivity index (χ4n) is 2.56. The van der Waals surface area contributed by atoms with Crippen LogP contribution >= 0.6 is 15.9 Å². The molecule has 0 aromatic heterocycles. The van der Waals surface area contributed by atoms with Crippen molar-refractivity contribution in [1.82, 2.24) is 5.32 Å². The minimum absolute atomic E-state index is 0.311. The molecule has 100 valence electrons. The van der Waals surface area contributed by atoms with E-state index in [1.54, 1.807) is 0 Å². The summed E-state index contributed by atoms with van der Waals surface area (Å²) in [5.41, 5.74) is 2.95. The van der Waals surface area contributed by atoms with Gasteiger partial charge in [0.2, 0.25) is 0 Å². The average molecular weight is 311 g/mol. The molecule has 1 aromatic rings. The van der Waals surface area contributed by atoms with E-state index in [4.69, 9.17) is 0 Å². The van der Waals surface area contributed by atoms with Gasteiger partial charge in [-0.1, -0.05) is 29.8 Å². The lowest BCUT2D eigenvalue weighted by atomic mass is 9.93. The van der Waals surface area contributed by atoms with Crippen LogP contribution < -0.4 is 10.2 Å². The molecule has 1 aliphatic rings. The van der Waals surface area contributed by atoms with Crippen LogP contribution in [0, 0.1) is 12.3 Å². The van der Waals surface area contributed by atoms with Gasteiger partial charge in [-0.2, -0.15) is 0 Å². The molecule has 0 amide bonds. The van der Waals surface area contributed by atoms with Crippen LogP contribution in [0.25, 0.3) is 0 Å². The first-order chi connectivity index (χ1) is 8.39. The van der Waals surface area contributed by atoms with Crippen molar-refractivity contribution in [1.29, 1.82) is 0 Å². The Labute approximate surface area is 119 Å². The summed E-state index contributed by atoms with van der Waals surface area (Å²) in [7, 11) is 0. The number of halogens is 1. The summed E-state index contributed by atoms with van der Waals surface area (Å²) in [6.07, 6.45) is 0. The highest BCUT2D eigenvalue weighted by Gasteiger charge is 2.28. The van der Waals surface area contributed by atoms with Crippen molar-refractivity contribution in [2.45, 2.75) is 33.7 Å². The maximum Gasteiger partial charge on any atom is 0.0386 e. The molecule has 1 saturated heterocycles. The highest BCUT2D eigenvalue weighted by atomic mass is 79.9. The maximum atomic E-state index is 3.58. The summed E-state index contributed by atoms with van der Waals surface area (Å²) in [5.74, 6) is 0. The summed E-state index contributed by atoms with van der Waals surface area (Å²) in [6.45, 7) is 12.4. The molecule has 0 bridgehead atoms. The Kier molecular flexibility index (Phi) is 4.02. The Hall–Kier alpha value is -0.540. The van der Waals surface area contributed by atoms with Crippen LogP contribution in [0.1, 0.15) is 26.3 Å². The van der Waals surface area contributed by atoms with E-state index >= 15 is 0 Å². The Bertz CT molecular complexity index is 429. The predicted molar refractivity (Wildman–Crippen MR) is 82.3 cm³/mol. The van der Waals surface area contributed by atoms with Crippen LogP contribution in [0.3, 0.4) is 0 Å². The molecule has 1 fully saturated rings. The van der Waals surface area contributed by atoms with E-state index in [1.807, 2.05) is 0 Å². The normalized spacial score (nSPS) is 23.8. The van der Waals surface area contributed by atoms with Gasteiger partial charge in [0, 0.05) is 35.8 Å². The number of rotatable bonds is 1. The minimum Gasteiger partial charge on any atom is -0.367 e. The lowest BCUT2D eigenvalue weighted by Crippen LogP contribution is -2.40. The molecular formula is C15H23BrN2. The number of hydrogen-bond donors (Lipinski definition) is 1. The van der Waals surface area contributed by atoms with Crippen molar-refractivity contribution in [2.24, 2.45) is 5.41 Å². The smallest absolute Gasteiger partial charge is 0.0386 e. The van der Waals surface area contributed by atoms with Gasteiger partial charge in [-0.15, -0.1) is 0 Å². The summed E-state index contributed by atoms with van der Waals surface area (Å²) in [4.78, 5) is 2.53. The average Bonchev–Trinajstić information content (AvgIpc) is 2.42. The third kappa shape index (κ3) is 3.07. The largest absolute Gasteiger partial charge is 0.367 e. The third-order valence-electron chi connectivity index (χ3n) is 3.65. The zero-order valence-corrected chi connectivity index (χ0v) is 13.3. The monoisotopic (exact) mass is 310 g/mol. The van der Waals surface area contributed by atoms with Crippen molar-refractivity contribution in [3.05, 3.63) is 28.2 Å². The summed E-state index contributed by atoms with van der Waals surface area (Å²) < 4.78 is 1.19. The lowest BCUT2D eigenvalue weighted by molar-refractivity contribution is 0.369. The maximum absolute atomic E-state index is 3.58. The summed E-state index contributed by atoms with van der Waals surface area (Å²) >= 11 is 3.58. The van der Waals surface area contributed by atoms with E-state index in [-0.39, 0.29) is 0 Å². The second-order valence-corrected chi connectivity index (χ2v) is 7.06. The van der Waals surface area contributed by atoms with E-state index in [0.29, 0.717) is 11.5 Å². The van der Waals surface area contributed by atoms with Crippen molar-refractivity contribution >= 4 is 21.6 Å². The highest BCUT2D eigenvalue weighted by molar-refractivity contribution is 9.10. The molecule has 2 nitrogen and oxygen atoms in total.